The standard InChI is InChI=1S/C10H17N3OS/c1-7-8(11)13-15-9(7)12-6-10(14)4-2-3-5-10/h12,14H,2-6H2,1H3,(H2,11,13). The van der Waals surface area contributed by atoms with Crippen molar-refractivity contribution in [1.82, 2.24) is 4.37 Å². The molecular weight excluding hydrogens is 210 g/mol. The molecule has 0 bridgehead atoms. The van der Waals surface area contributed by atoms with Crippen molar-refractivity contribution in [2.75, 3.05) is 17.6 Å². The van der Waals surface area contributed by atoms with Crippen LogP contribution in [0.15, 0.2) is 0 Å². The van der Waals surface area contributed by atoms with Crippen LogP contribution in [-0.4, -0.2) is 21.6 Å². The first kappa shape index (κ1) is 10.7. The third-order valence-electron chi connectivity index (χ3n) is 3.07. The van der Waals surface area contributed by atoms with Gasteiger partial charge in [-0.15, -0.1) is 0 Å². The molecule has 0 saturated heterocycles. The Bertz CT molecular complexity index is 344. The van der Waals surface area contributed by atoms with Crippen LogP contribution < -0.4 is 11.1 Å². The number of anilines is 2. The Hall–Kier alpha value is -0.810. The van der Waals surface area contributed by atoms with Crippen LogP contribution in [0.3, 0.4) is 0 Å². The van der Waals surface area contributed by atoms with Crippen LogP contribution in [0.25, 0.3) is 0 Å². The average Bonchev–Trinajstić information content (AvgIpc) is 2.75. The molecule has 84 valence electrons. The second-order valence-electron chi connectivity index (χ2n) is 4.31. The molecule has 15 heavy (non-hydrogen) atoms. The van der Waals surface area contributed by atoms with E-state index in [9.17, 15) is 5.11 Å². The van der Waals surface area contributed by atoms with Crippen molar-refractivity contribution in [3.05, 3.63) is 5.56 Å². The van der Waals surface area contributed by atoms with Crippen LogP contribution >= 0.6 is 11.5 Å². The molecule has 1 aromatic heterocycles. The summed E-state index contributed by atoms with van der Waals surface area (Å²) in [7, 11) is 0. The van der Waals surface area contributed by atoms with Crippen molar-refractivity contribution in [3.8, 4) is 0 Å². The third-order valence-corrected chi connectivity index (χ3v) is 3.99. The third kappa shape index (κ3) is 2.23. The fourth-order valence-electron chi connectivity index (χ4n) is 1.97. The van der Waals surface area contributed by atoms with Gasteiger partial charge in [0.2, 0.25) is 0 Å². The van der Waals surface area contributed by atoms with Gasteiger partial charge in [-0.1, -0.05) is 12.8 Å². The van der Waals surface area contributed by atoms with Gasteiger partial charge in [0.15, 0.2) is 0 Å². The molecule has 0 aliphatic heterocycles. The number of hydrogen-bond donors (Lipinski definition) is 3. The molecular formula is C10H17N3OS. The average molecular weight is 227 g/mol. The Morgan fingerprint density at radius 3 is 2.73 bits per heavy atom. The molecule has 1 saturated carbocycles. The minimum absolute atomic E-state index is 0.523. The zero-order chi connectivity index (χ0) is 10.9. The van der Waals surface area contributed by atoms with Gasteiger partial charge >= 0.3 is 0 Å². The lowest BCUT2D eigenvalue weighted by Gasteiger charge is -2.22. The van der Waals surface area contributed by atoms with Crippen LogP contribution in [0.1, 0.15) is 31.2 Å². The van der Waals surface area contributed by atoms with E-state index in [-0.39, 0.29) is 0 Å². The number of aromatic nitrogens is 1. The fraction of sp³-hybridized carbons (Fsp3) is 0.700. The number of nitrogen functional groups attached to an aromatic ring is 1. The molecule has 1 aliphatic rings. The lowest BCUT2D eigenvalue weighted by molar-refractivity contribution is 0.0615. The first-order valence-electron chi connectivity index (χ1n) is 5.29. The summed E-state index contributed by atoms with van der Waals surface area (Å²) in [6.07, 6.45) is 4.05. The summed E-state index contributed by atoms with van der Waals surface area (Å²) in [5.74, 6) is 0.584. The maximum absolute atomic E-state index is 10.1. The van der Waals surface area contributed by atoms with E-state index in [1.54, 1.807) is 0 Å². The summed E-state index contributed by atoms with van der Waals surface area (Å²) in [6, 6.07) is 0. The number of nitrogens with two attached hydrogens (primary N) is 1. The molecule has 4 N–H and O–H groups in total. The van der Waals surface area contributed by atoms with Gasteiger partial charge in [0, 0.05) is 12.1 Å². The highest BCUT2D eigenvalue weighted by Crippen LogP contribution is 2.31. The minimum atomic E-state index is -0.523. The number of rotatable bonds is 3. The summed E-state index contributed by atoms with van der Waals surface area (Å²) in [5, 5.41) is 14.4. The Morgan fingerprint density at radius 2 is 2.20 bits per heavy atom. The molecule has 4 nitrogen and oxygen atoms in total. The van der Waals surface area contributed by atoms with Crippen molar-refractivity contribution < 1.29 is 5.11 Å². The summed E-state index contributed by atoms with van der Waals surface area (Å²) in [5.41, 5.74) is 6.12. The molecule has 0 amide bonds. The normalized spacial score (nSPS) is 19.3. The van der Waals surface area contributed by atoms with Gasteiger partial charge in [-0.25, -0.2) is 0 Å². The second-order valence-corrected chi connectivity index (χ2v) is 5.08. The van der Waals surface area contributed by atoms with E-state index >= 15 is 0 Å². The Balaban J connectivity index is 1.95. The van der Waals surface area contributed by atoms with E-state index in [1.165, 1.54) is 11.5 Å². The van der Waals surface area contributed by atoms with Crippen molar-refractivity contribution in [1.29, 1.82) is 0 Å². The SMILES string of the molecule is Cc1c(N)nsc1NCC1(O)CCCC1. The number of nitrogens with one attached hydrogen (secondary N) is 1. The maximum atomic E-state index is 10.1. The summed E-state index contributed by atoms with van der Waals surface area (Å²) < 4.78 is 4.06. The van der Waals surface area contributed by atoms with Crippen LogP contribution in [0.2, 0.25) is 0 Å². The van der Waals surface area contributed by atoms with Crippen LogP contribution in [-0.2, 0) is 0 Å². The smallest absolute Gasteiger partial charge is 0.142 e. The molecule has 0 radical (unpaired) electrons. The van der Waals surface area contributed by atoms with Crippen molar-refractivity contribution in [3.63, 3.8) is 0 Å². The van der Waals surface area contributed by atoms with Gasteiger partial charge in [-0.05, 0) is 31.3 Å². The topological polar surface area (TPSA) is 71.2 Å². The molecule has 0 unspecified atom stereocenters. The van der Waals surface area contributed by atoms with Gasteiger partial charge in [-0.3, -0.25) is 0 Å². The first-order chi connectivity index (χ1) is 7.11. The molecule has 2 rings (SSSR count). The Labute approximate surface area is 93.7 Å². The van der Waals surface area contributed by atoms with E-state index in [0.717, 1.165) is 36.2 Å². The van der Waals surface area contributed by atoms with Crippen molar-refractivity contribution in [2.45, 2.75) is 38.2 Å². The Morgan fingerprint density at radius 1 is 1.53 bits per heavy atom. The molecule has 1 aromatic rings. The predicted octanol–water partition coefficient (Wildman–Crippen LogP) is 1.75. The van der Waals surface area contributed by atoms with Crippen LogP contribution in [0, 0.1) is 6.92 Å². The Kier molecular flexibility index (Phi) is 2.84. The molecule has 1 fully saturated rings. The molecule has 1 heterocycles. The van der Waals surface area contributed by atoms with Gasteiger partial charge < -0.3 is 16.2 Å². The fourth-order valence-corrected chi connectivity index (χ4v) is 2.67. The molecule has 0 aromatic carbocycles. The van der Waals surface area contributed by atoms with Gasteiger partial charge in [0.05, 0.1) is 5.60 Å². The molecule has 1 aliphatic carbocycles. The highest BCUT2D eigenvalue weighted by Gasteiger charge is 2.30. The molecule has 5 heteroatoms. The number of aliphatic hydroxyl groups is 1. The molecule has 0 spiro atoms. The number of hydrogen-bond acceptors (Lipinski definition) is 5. The van der Waals surface area contributed by atoms with Crippen molar-refractivity contribution in [2.24, 2.45) is 0 Å². The lowest BCUT2D eigenvalue weighted by Crippen LogP contribution is -2.33. The number of nitrogens with zero attached hydrogens (tertiary/aromatic N) is 1. The zero-order valence-corrected chi connectivity index (χ0v) is 9.73. The highest BCUT2D eigenvalue weighted by molar-refractivity contribution is 7.10. The van der Waals surface area contributed by atoms with Crippen LogP contribution in [0.4, 0.5) is 10.8 Å². The summed E-state index contributed by atoms with van der Waals surface area (Å²) in [6.45, 7) is 2.55. The van der Waals surface area contributed by atoms with E-state index in [1.807, 2.05) is 6.92 Å². The quantitative estimate of drug-likeness (QED) is 0.735. The minimum Gasteiger partial charge on any atom is -0.388 e. The zero-order valence-electron chi connectivity index (χ0n) is 8.92. The van der Waals surface area contributed by atoms with Gasteiger partial charge in [0.1, 0.15) is 10.8 Å². The predicted molar refractivity (Wildman–Crippen MR) is 63.2 cm³/mol. The highest BCUT2D eigenvalue weighted by atomic mass is 32.1. The van der Waals surface area contributed by atoms with Crippen molar-refractivity contribution >= 4 is 22.4 Å². The first-order valence-corrected chi connectivity index (χ1v) is 6.06. The van der Waals surface area contributed by atoms with Gasteiger partial charge in [0.25, 0.3) is 0 Å². The largest absolute Gasteiger partial charge is 0.388 e. The summed E-state index contributed by atoms with van der Waals surface area (Å²) >= 11 is 1.36. The lowest BCUT2D eigenvalue weighted by atomic mass is 10.0. The maximum Gasteiger partial charge on any atom is 0.142 e. The van der Waals surface area contributed by atoms with E-state index < -0.39 is 5.60 Å². The van der Waals surface area contributed by atoms with E-state index in [4.69, 9.17) is 5.73 Å². The van der Waals surface area contributed by atoms with E-state index in [0.29, 0.717) is 12.4 Å². The van der Waals surface area contributed by atoms with E-state index in [2.05, 4.69) is 9.69 Å². The van der Waals surface area contributed by atoms with Crippen LogP contribution in [0.5, 0.6) is 0 Å². The monoisotopic (exact) mass is 227 g/mol. The summed E-state index contributed by atoms with van der Waals surface area (Å²) in [4.78, 5) is 0. The van der Waals surface area contributed by atoms with Gasteiger partial charge in [-0.2, -0.15) is 4.37 Å². The molecule has 0 atom stereocenters. The second kappa shape index (κ2) is 3.98.